The van der Waals surface area contributed by atoms with Crippen LogP contribution in [0.1, 0.15) is 38.2 Å². The molecule has 1 aliphatic carbocycles. The molecule has 19 heavy (non-hydrogen) atoms. The molecule has 3 nitrogen and oxygen atoms in total. The molecule has 1 saturated carbocycles. The smallest absolute Gasteiger partial charge is 0.134 e. The molecule has 3 heteroatoms. The molecule has 1 aliphatic rings. The number of nitrogens with zero attached hydrogens (tertiary/aromatic N) is 1. The van der Waals surface area contributed by atoms with Crippen LogP contribution in [0.3, 0.4) is 0 Å². The van der Waals surface area contributed by atoms with Crippen LogP contribution >= 0.6 is 0 Å². The fraction of sp³-hybridized carbons (Fsp3) is 0.562. The van der Waals surface area contributed by atoms with Crippen LogP contribution in [0.4, 0.5) is 0 Å². The number of rotatable bonds is 8. The summed E-state index contributed by atoms with van der Waals surface area (Å²) in [6.45, 7) is 3.48. The maximum Gasteiger partial charge on any atom is 0.134 e. The highest BCUT2D eigenvalue weighted by Crippen LogP contribution is 2.31. The Balaban J connectivity index is 2.09. The fourth-order valence-corrected chi connectivity index (χ4v) is 2.22. The summed E-state index contributed by atoms with van der Waals surface area (Å²) in [7, 11) is 0. The zero-order chi connectivity index (χ0) is 13.6. The minimum Gasteiger partial charge on any atom is -0.381 e. The predicted molar refractivity (Wildman–Crippen MR) is 75.6 cm³/mol. The number of hydrogen-bond acceptors (Lipinski definition) is 3. The Bertz CT molecular complexity index is 422. The average molecular weight is 258 g/mol. The molecular weight excluding hydrogens is 236 g/mol. The van der Waals surface area contributed by atoms with Crippen LogP contribution < -0.4 is 5.32 Å². The topological polar surface area (TPSA) is 45.0 Å². The van der Waals surface area contributed by atoms with Gasteiger partial charge in [0.05, 0.1) is 6.07 Å². The molecule has 0 amide bonds. The molecule has 0 spiro atoms. The summed E-state index contributed by atoms with van der Waals surface area (Å²) in [5, 5.41) is 13.2. The summed E-state index contributed by atoms with van der Waals surface area (Å²) in [5.41, 5.74) is 0.445. The van der Waals surface area contributed by atoms with Crippen LogP contribution in [0.2, 0.25) is 0 Å². The largest absolute Gasteiger partial charge is 0.381 e. The van der Waals surface area contributed by atoms with Gasteiger partial charge in [-0.05, 0) is 24.8 Å². The Labute approximate surface area is 115 Å². The normalized spacial score (nSPS) is 17.7. The third-order valence-corrected chi connectivity index (χ3v) is 3.46. The zero-order valence-corrected chi connectivity index (χ0v) is 11.6. The second-order valence-corrected chi connectivity index (χ2v) is 5.16. The van der Waals surface area contributed by atoms with Crippen molar-refractivity contribution in [3.05, 3.63) is 35.9 Å². The Hall–Kier alpha value is -1.37. The number of benzene rings is 1. The van der Waals surface area contributed by atoms with E-state index in [4.69, 9.17) is 4.74 Å². The minimum absolute atomic E-state index is 0.492. The molecule has 1 aromatic carbocycles. The van der Waals surface area contributed by atoms with E-state index in [9.17, 15) is 5.26 Å². The SMILES string of the molecule is CCCOCCC(C#N)(NC1CC1)c1ccccc1. The number of nitriles is 1. The van der Waals surface area contributed by atoms with Crippen molar-refractivity contribution in [2.24, 2.45) is 0 Å². The van der Waals surface area contributed by atoms with Gasteiger partial charge in [-0.25, -0.2) is 0 Å². The molecule has 0 aliphatic heterocycles. The fourth-order valence-electron chi connectivity index (χ4n) is 2.22. The molecule has 2 rings (SSSR count). The quantitative estimate of drug-likeness (QED) is 0.729. The van der Waals surface area contributed by atoms with E-state index in [1.807, 2.05) is 30.3 Å². The second kappa shape index (κ2) is 6.70. The third-order valence-electron chi connectivity index (χ3n) is 3.46. The first-order valence-corrected chi connectivity index (χ1v) is 7.13. The van der Waals surface area contributed by atoms with Crippen molar-refractivity contribution >= 4 is 0 Å². The Kier molecular flexibility index (Phi) is 4.95. The van der Waals surface area contributed by atoms with Gasteiger partial charge >= 0.3 is 0 Å². The van der Waals surface area contributed by atoms with E-state index in [1.165, 1.54) is 12.8 Å². The van der Waals surface area contributed by atoms with Crippen LogP contribution in [-0.4, -0.2) is 19.3 Å². The van der Waals surface area contributed by atoms with Crippen LogP contribution in [0.25, 0.3) is 0 Å². The summed E-state index contributed by atoms with van der Waals surface area (Å²) < 4.78 is 5.57. The molecule has 0 aromatic heterocycles. The van der Waals surface area contributed by atoms with Gasteiger partial charge in [-0.2, -0.15) is 5.26 Å². The highest BCUT2D eigenvalue weighted by molar-refractivity contribution is 5.32. The first-order chi connectivity index (χ1) is 9.30. The monoisotopic (exact) mass is 258 g/mol. The van der Waals surface area contributed by atoms with E-state index in [0.717, 1.165) is 18.6 Å². The molecule has 1 atom stereocenters. The van der Waals surface area contributed by atoms with E-state index in [0.29, 0.717) is 19.1 Å². The summed E-state index contributed by atoms with van der Waals surface area (Å²) in [4.78, 5) is 0. The van der Waals surface area contributed by atoms with E-state index in [1.54, 1.807) is 0 Å². The number of hydrogen-bond donors (Lipinski definition) is 1. The minimum atomic E-state index is -0.601. The molecule has 1 fully saturated rings. The molecule has 0 heterocycles. The van der Waals surface area contributed by atoms with Crippen molar-refractivity contribution in [1.29, 1.82) is 5.26 Å². The maximum absolute atomic E-state index is 9.70. The second-order valence-electron chi connectivity index (χ2n) is 5.16. The van der Waals surface area contributed by atoms with Crippen molar-refractivity contribution in [3.63, 3.8) is 0 Å². The maximum atomic E-state index is 9.70. The molecule has 0 bridgehead atoms. The van der Waals surface area contributed by atoms with E-state index >= 15 is 0 Å². The average Bonchev–Trinajstić information content (AvgIpc) is 3.27. The standard InChI is InChI=1S/C16H22N2O/c1-2-11-19-12-10-16(13-17,18-15-8-9-15)14-6-4-3-5-7-14/h3-7,15,18H,2,8-12H2,1H3. The Morgan fingerprint density at radius 3 is 2.63 bits per heavy atom. The van der Waals surface area contributed by atoms with Gasteiger partial charge in [-0.1, -0.05) is 37.3 Å². The molecular formula is C16H22N2O. The van der Waals surface area contributed by atoms with Crippen LogP contribution in [-0.2, 0) is 10.3 Å². The molecule has 1 aromatic rings. The van der Waals surface area contributed by atoms with Gasteiger partial charge in [-0.3, -0.25) is 5.32 Å². The van der Waals surface area contributed by atoms with Gasteiger partial charge in [0, 0.05) is 25.7 Å². The Morgan fingerprint density at radius 2 is 2.05 bits per heavy atom. The van der Waals surface area contributed by atoms with Crippen LogP contribution in [0, 0.1) is 11.3 Å². The highest BCUT2D eigenvalue weighted by atomic mass is 16.5. The number of ether oxygens (including phenoxy) is 1. The number of nitrogens with one attached hydrogen (secondary N) is 1. The van der Waals surface area contributed by atoms with Gasteiger partial charge in [0.1, 0.15) is 5.54 Å². The first-order valence-electron chi connectivity index (χ1n) is 7.13. The lowest BCUT2D eigenvalue weighted by Crippen LogP contribution is -2.43. The van der Waals surface area contributed by atoms with Crippen molar-refractivity contribution in [2.75, 3.05) is 13.2 Å². The predicted octanol–water partition coefficient (Wildman–Crippen LogP) is 2.97. The molecule has 102 valence electrons. The molecule has 1 unspecified atom stereocenters. The molecule has 0 radical (unpaired) electrons. The van der Waals surface area contributed by atoms with Gasteiger partial charge in [0.25, 0.3) is 0 Å². The van der Waals surface area contributed by atoms with Gasteiger partial charge < -0.3 is 4.74 Å². The molecule has 1 N–H and O–H groups in total. The van der Waals surface area contributed by atoms with E-state index in [2.05, 4.69) is 18.3 Å². The van der Waals surface area contributed by atoms with Gasteiger partial charge in [-0.15, -0.1) is 0 Å². The summed E-state index contributed by atoms with van der Waals surface area (Å²) in [6, 6.07) is 13.0. The van der Waals surface area contributed by atoms with Gasteiger partial charge in [0.2, 0.25) is 0 Å². The van der Waals surface area contributed by atoms with Crippen molar-refractivity contribution < 1.29 is 4.74 Å². The van der Waals surface area contributed by atoms with Crippen molar-refractivity contribution in [1.82, 2.24) is 5.32 Å². The summed E-state index contributed by atoms with van der Waals surface area (Å²) >= 11 is 0. The Morgan fingerprint density at radius 1 is 1.32 bits per heavy atom. The van der Waals surface area contributed by atoms with Crippen LogP contribution in [0.15, 0.2) is 30.3 Å². The van der Waals surface area contributed by atoms with Gasteiger partial charge in [0.15, 0.2) is 0 Å². The van der Waals surface area contributed by atoms with Crippen molar-refractivity contribution in [3.8, 4) is 6.07 Å². The summed E-state index contributed by atoms with van der Waals surface area (Å²) in [6.07, 6.45) is 4.06. The van der Waals surface area contributed by atoms with Crippen LogP contribution in [0.5, 0.6) is 0 Å². The van der Waals surface area contributed by atoms with Crippen molar-refractivity contribution in [2.45, 2.75) is 44.2 Å². The van der Waals surface area contributed by atoms with E-state index in [-0.39, 0.29) is 0 Å². The lowest BCUT2D eigenvalue weighted by atomic mass is 9.88. The summed E-state index contributed by atoms with van der Waals surface area (Å²) in [5.74, 6) is 0. The third kappa shape index (κ3) is 3.79. The lowest BCUT2D eigenvalue weighted by Gasteiger charge is -2.28. The lowest BCUT2D eigenvalue weighted by molar-refractivity contribution is 0.115. The zero-order valence-electron chi connectivity index (χ0n) is 11.6. The first kappa shape index (κ1) is 14.0. The highest BCUT2D eigenvalue weighted by Gasteiger charge is 2.37. The van der Waals surface area contributed by atoms with E-state index < -0.39 is 5.54 Å². The molecule has 0 saturated heterocycles.